The van der Waals surface area contributed by atoms with Crippen molar-refractivity contribution in [3.63, 3.8) is 0 Å². The quantitative estimate of drug-likeness (QED) is 0.798. The molecule has 0 radical (unpaired) electrons. The van der Waals surface area contributed by atoms with Crippen LogP contribution in [0.25, 0.3) is 6.08 Å². The molecule has 1 aromatic rings. The molecule has 0 bridgehead atoms. The minimum Gasteiger partial charge on any atom is -0.506 e. The first kappa shape index (κ1) is 19.0. The lowest BCUT2D eigenvalue weighted by molar-refractivity contribution is -0.138. The van der Waals surface area contributed by atoms with Crippen molar-refractivity contribution < 1.29 is 19.4 Å². The first-order valence-electron chi connectivity index (χ1n) is 8.15. The number of amides is 1. The van der Waals surface area contributed by atoms with Gasteiger partial charge in [0.25, 0.3) is 0 Å². The number of aryl methyl sites for hydroxylation is 1. The van der Waals surface area contributed by atoms with E-state index in [1.807, 2.05) is 38.1 Å². The van der Waals surface area contributed by atoms with Crippen LogP contribution in [-0.2, 0) is 14.3 Å². The minimum atomic E-state index is -0.678. The highest BCUT2D eigenvalue weighted by molar-refractivity contribution is 8.18. The topological polar surface area (TPSA) is 76.0 Å². The second-order valence-electron chi connectivity index (χ2n) is 5.53. The van der Waals surface area contributed by atoms with Crippen molar-refractivity contribution in [1.82, 2.24) is 0 Å². The zero-order valence-electron chi connectivity index (χ0n) is 14.5. The van der Waals surface area contributed by atoms with Gasteiger partial charge in [0.1, 0.15) is 16.4 Å². The molecular weight excluding hydrogens is 338 g/mol. The second-order valence-corrected chi connectivity index (χ2v) is 6.56. The number of ether oxygens (including phenoxy) is 1. The van der Waals surface area contributed by atoms with Gasteiger partial charge in [0.2, 0.25) is 5.91 Å². The predicted molar refractivity (Wildman–Crippen MR) is 100 cm³/mol. The maximum Gasteiger partial charge on any atom is 0.344 e. The highest BCUT2D eigenvalue weighted by Crippen LogP contribution is 2.39. The zero-order valence-corrected chi connectivity index (χ0v) is 15.4. The maximum atomic E-state index is 12.2. The molecule has 1 aromatic carbocycles. The molecule has 1 aliphatic rings. The van der Waals surface area contributed by atoms with Crippen molar-refractivity contribution in [3.05, 3.63) is 51.6 Å². The van der Waals surface area contributed by atoms with E-state index in [1.165, 1.54) is 0 Å². The van der Waals surface area contributed by atoms with Crippen molar-refractivity contribution in [2.24, 2.45) is 4.99 Å². The van der Waals surface area contributed by atoms with Crippen LogP contribution in [0.4, 0.5) is 0 Å². The Morgan fingerprint density at radius 1 is 1.24 bits per heavy atom. The number of aliphatic hydroxyl groups is 1. The lowest BCUT2D eigenvalue weighted by Gasteiger charge is -2.03. The van der Waals surface area contributed by atoms with Gasteiger partial charge in [0.15, 0.2) is 0 Å². The number of hydrogen-bond donors (Lipinski definition) is 1. The summed E-state index contributed by atoms with van der Waals surface area (Å²) in [5, 5.41) is 10.7. The fourth-order valence-corrected chi connectivity index (χ4v) is 3.22. The van der Waals surface area contributed by atoms with E-state index >= 15 is 0 Å². The van der Waals surface area contributed by atoms with Crippen LogP contribution in [0.5, 0.6) is 0 Å². The third kappa shape index (κ3) is 4.82. The molecule has 1 N–H and O–H groups in total. The third-order valence-electron chi connectivity index (χ3n) is 3.44. The van der Waals surface area contributed by atoms with E-state index in [1.54, 1.807) is 13.0 Å². The van der Waals surface area contributed by atoms with Crippen molar-refractivity contribution in [2.75, 3.05) is 6.61 Å². The predicted octanol–water partition coefficient (Wildman–Crippen LogP) is 4.18. The number of hydrogen-bond acceptors (Lipinski definition) is 5. The fourth-order valence-electron chi connectivity index (χ4n) is 2.19. The fraction of sp³-hybridized carbons (Fsp3) is 0.316. The van der Waals surface area contributed by atoms with Gasteiger partial charge in [-0.3, -0.25) is 4.79 Å². The first-order valence-corrected chi connectivity index (χ1v) is 8.96. The number of aliphatic imine (C=N–C) groups is 1. The first-order chi connectivity index (χ1) is 12.0. The highest BCUT2D eigenvalue weighted by atomic mass is 32.2. The molecule has 0 saturated carbocycles. The van der Waals surface area contributed by atoms with Gasteiger partial charge in [-0.15, -0.1) is 0 Å². The number of carbonyl (C=O) groups is 2. The molecule has 0 fully saturated rings. The Kier molecular flexibility index (Phi) is 6.58. The Hall–Kier alpha value is -2.34. The Morgan fingerprint density at radius 3 is 2.52 bits per heavy atom. The number of nitrogens with zero attached hydrogens (tertiary/aromatic N) is 1. The molecule has 1 amide bonds. The molecule has 5 nitrogen and oxygen atoms in total. The summed E-state index contributed by atoms with van der Waals surface area (Å²) in [6.45, 7) is 5.72. The van der Waals surface area contributed by atoms with Crippen LogP contribution in [0.15, 0.2) is 45.5 Å². The van der Waals surface area contributed by atoms with Gasteiger partial charge in [-0.1, -0.05) is 48.5 Å². The Balaban J connectivity index is 2.42. The zero-order chi connectivity index (χ0) is 18.4. The van der Waals surface area contributed by atoms with E-state index < -0.39 is 5.97 Å². The van der Waals surface area contributed by atoms with Gasteiger partial charge in [-0.25, -0.2) is 9.79 Å². The normalized spacial score (nSPS) is 17.4. The molecule has 1 heterocycles. The molecular formula is C19H21NO4S. The van der Waals surface area contributed by atoms with Crippen LogP contribution < -0.4 is 0 Å². The summed E-state index contributed by atoms with van der Waals surface area (Å²) in [6.07, 6.45) is 2.71. The van der Waals surface area contributed by atoms with Gasteiger partial charge in [-0.2, -0.15) is 0 Å². The van der Waals surface area contributed by atoms with Crippen molar-refractivity contribution >= 4 is 34.8 Å². The van der Waals surface area contributed by atoms with Gasteiger partial charge >= 0.3 is 5.97 Å². The molecule has 0 saturated heterocycles. The molecule has 1 aliphatic heterocycles. The number of benzene rings is 1. The monoisotopic (exact) mass is 359 g/mol. The Labute approximate surface area is 151 Å². The summed E-state index contributed by atoms with van der Waals surface area (Å²) in [6, 6.07) is 7.74. The number of thioether (sulfide) groups is 1. The standard InChI is InChI=1S/C19H21NO4S/c1-4-6-15(21)20-18-16(19(23)24-5-2)17(22)14(25-18)11-13-9-7-12(3)8-10-13/h7-11,22H,4-6H2,1-3H3/b14-11-,20-18?. The number of esters is 1. The molecule has 25 heavy (non-hydrogen) atoms. The Morgan fingerprint density at radius 2 is 1.92 bits per heavy atom. The molecule has 0 aliphatic carbocycles. The molecule has 0 aromatic heterocycles. The average Bonchev–Trinajstić information content (AvgIpc) is 2.85. The number of carbonyl (C=O) groups excluding carboxylic acids is 2. The molecule has 132 valence electrons. The molecule has 2 rings (SSSR count). The van der Waals surface area contributed by atoms with E-state index in [9.17, 15) is 14.7 Å². The smallest absolute Gasteiger partial charge is 0.344 e. The molecule has 0 spiro atoms. The maximum absolute atomic E-state index is 12.2. The van der Waals surface area contributed by atoms with Crippen LogP contribution in [0, 0.1) is 6.92 Å². The van der Waals surface area contributed by atoms with Crippen LogP contribution in [0.2, 0.25) is 0 Å². The largest absolute Gasteiger partial charge is 0.506 e. The van der Waals surface area contributed by atoms with Crippen molar-refractivity contribution in [2.45, 2.75) is 33.6 Å². The van der Waals surface area contributed by atoms with Crippen molar-refractivity contribution in [1.29, 1.82) is 0 Å². The van der Waals surface area contributed by atoms with Crippen LogP contribution in [-0.4, -0.2) is 28.6 Å². The molecule has 0 unspecified atom stereocenters. The summed E-state index contributed by atoms with van der Waals surface area (Å²) in [5.41, 5.74) is 1.96. The van der Waals surface area contributed by atoms with E-state index in [0.717, 1.165) is 22.9 Å². The summed E-state index contributed by atoms with van der Waals surface area (Å²) >= 11 is 1.10. The van der Waals surface area contributed by atoms with E-state index in [4.69, 9.17) is 4.74 Å². The SMILES string of the molecule is CCCC(=O)N=C1S/C(=C\c2ccc(C)cc2)C(O)=C1C(=O)OCC. The second kappa shape index (κ2) is 8.67. The lowest BCUT2D eigenvalue weighted by atomic mass is 10.1. The molecule has 0 atom stereocenters. The summed E-state index contributed by atoms with van der Waals surface area (Å²) in [5.74, 6) is -1.20. The van der Waals surface area contributed by atoms with Gasteiger partial charge in [0.05, 0.1) is 11.5 Å². The summed E-state index contributed by atoms with van der Waals surface area (Å²) in [7, 11) is 0. The van der Waals surface area contributed by atoms with Crippen LogP contribution in [0.3, 0.4) is 0 Å². The Bertz CT molecular complexity index is 760. The minimum absolute atomic E-state index is 0.0466. The number of aliphatic hydroxyl groups excluding tert-OH is 1. The molecule has 6 heteroatoms. The summed E-state index contributed by atoms with van der Waals surface area (Å²) in [4.78, 5) is 28.5. The van der Waals surface area contributed by atoms with Gasteiger partial charge in [-0.05, 0) is 31.9 Å². The van der Waals surface area contributed by atoms with E-state index in [2.05, 4.69) is 4.99 Å². The van der Waals surface area contributed by atoms with Crippen LogP contribution >= 0.6 is 11.8 Å². The van der Waals surface area contributed by atoms with Gasteiger partial charge < -0.3 is 9.84 Å². The third-order valence-corrected chi connectivity index (χ3v) is 4.46. The highest BCUT2D eigenvalue weighted by Gasteiger charge is 2.33. The van der Waals surface area contributed by atoms with E-state index in [0.29, 0.717) is 11.3 Å². The lowest BCUT2D eigenvalue weighted by Crippen LogP contribution is -2.14. The average molecular weight is 359 g/mol. The summed E-state index contributed by atoms with van der Waals surface area (Å²) < 4.78 is 4.99. The van der Waals surface area contributed by atoms with Gasteiger partial charge in [0, 0.05) is 6.42 Å². The van der Waals surface area contributed by atoms with Crippen LogP contribution in [0.1, 0.15) is 37.8 Å². The van der Waals surface area contributed by atoms with E-state index in [-0.39, 0.29) is 35.3 Å². The number of rotatable bonds is 5. The van der Waals surface area contributed by atoms with Crippen molar-refractivity contribution in [3.8, 4) is 0 Å².